The third-order valence-corrected chi connectivity index (χ3v) is 16.2. The lowest BCUT2D eigenvalue weighted by molar-refractivity contribution is -0.149. The van der Waals surface area contributed by atoms with Crippen LogP contribution >= 0.6 is 11.8 Å². The number of methoxy groups -OCH3 is 2. The summed E-state index contributed by atoms with van der Waals surface area (Å²) in [5.41, 5.74) is 1.66. The number of likely N-dealkylation sites (N-methyl/N-ethyl adjacent to an activating group) is 2. The van der Waals surface area contributed by atoms with Crippen LogP contribution in [0.25, 0.3) is 0 Å². The van der Waals surface area contributed by atoms with Gasteiger partial charge in [-0.05, 0) is 67.0 Å². The zero-order valence-corrected chi connectivity index (χ0v) is 48.6. The number of benzene rings is 2. The number of aliphatic hydroxyl groups is 1. The molecule has 21 heteroatoms. The average Bonchev–Trinajstić information content (AvgIpc) is 4.01. The van der Waals surface area contributed by atoms with E-state index in [9.17, 15) is 48.3 Å². The van der Waals surface area contributed by atoms with Crippen molar-refractivity contribution in [1.82, 2.24) is 30.2 Å². The zero-order valence-electron chi connectivity index (χ0n) is 47.8. The van der Waals surface area contributed by atoms with Gasteiger partial charge in [0.05, 0.1) is 66.6 Å². The summed E-state index contributed by atoms with van der Waals surface area (Å²) < 4.78 is 17.7. The Bertz CT molecular complexity index is 2370. The Morgan fingerprint density at radius 2 is 1.50 bits per heavy atom. The van der Waals surface area contributed by atoms with E-state index >= 15 is 0 Å². The fraction of sp³-hybridized carbons (Fsp3) is 0.632. The van der Waals surface area contributed by atoms with Crippen LogP contribution in [0.1, 0.15) is 111 Å². The lowest BCUT2D eigenvalue weighted by Crippen LogP contribution is -2.55. The number of thioether (sulfide) groups is 1. The lowest BCUT2D eigenvalue weighted by Gasteiger charge is -2.41. The topological polar surface area (TPSA) is 251 Å². The van der Waals surface area contributed by atoms with E-state index in [1.165, 1.54) is 37.9 Å². The fourth-order valence-corrected chi connectivity index (χ4v) is 11.2. The number of carbonyl (C=O) groups excluding carboxylic acids is 9. The van der Waals surface area contributed by atoms with E-state index in [1.54, 1.807) is 73.3 Å². The first-order valence-corrected chi connectivity index (χ1v) is 28.3. The van der Waals surface area contributed by atoms with Crippen molar-refractivity contribution in [2.75, 3.05) is 59.5 Å². The Balaban J connectivity index is 1.36. The molecular formula is C57H85N7O13S. The van der Waals surface area contributed by atoms with Crippen LogP contribution in [0.4, 0.5) is 10.5 Å². The lowest BCUT2D eigenvalue weighted by atomic mass is 9.83. The minimum absolute atomic E-state index is 0.0273. The third-order valence-electron chi connectivity index (χ3n) is 15.3. The van der Waals surface area contributed by atoms with Gasteiger partial charge in [-0.1, -0.05) is 97.4 Å². The van der Waals surface area contributed by atoms with Gasteiger partial charge in [0, 0.05) is 59.3 Å². The van der Waals surface area contributed by atoms with Crippen molar-refractivity contribution in [3.8, 4) is 0 Å². The van der Waals surface area contributed by atoms with Crippen LogP contribution < -0.4 is 16.0 Å². The summed E-state index contributed by atoms with van der Waals surface area (Å²) in [4.78, 5) is 126. The van der Waals surface area contributed by atoms with Gasteiger partial charge < -0.3 is 50.0 Å². The molecule has 2 aliphatic heterocycles. The fourth-order valence-electron chi connectivity index (χ4n) is 10.6. The number of nitrogens with zero attached hydrogens (tertiary/aromatic N) is 4. The van der Waals surface area contributed by atoms with Gasteiger partial charge in [0.15, 0.2) is 5.78 Å². The van der Waals surface area contributed by atoms with Gasteiger partial charge in [-0.3, -0.25) is 43.3 Å². The number of ketones is 1. The molecular weight excluding hydrogens is 1020 g/mol. The molecule has 2 heterocycles. The van der Waals surface area contributed by atoms with Gasteiger partial charge in [0.1, 0.15) is 13.2 Å². The molecule has 2 fully saturated rings. The Kier molecular flexibility index (Phi) is 25.2. The van der Waals surface area contributed by atoms with Gasteiger partial charge in [0.2, 0.25) is 41.4 Å². The van der Waals surface area contributed by atoms with E-state index in [-0.39, 0.29) is 67.1 Å². The molecule has 0 bridgehead atoms. The second kappa shape index (κ2) is 30.5. The van der Waals surface area contributed by atoms with Crippen molar-refractivity contribution in [3.63, 3.8) is 0 Å². The highest BCUT2D eigenvalue weighted by atomic mass is 32.2. The molecule has 0 radical (unpaired) electrons. The quantitative estimate of drug-likeness (QED) is 0.0764. The molecule has 4 N–H and O–H groups in total. The molecule has 0 aliphatic carbocycles. The number of anilines is 1. The number of rotatable bonds is 29. The Labute approximate surface area is 464 Å². The molecule has 11 atom stereocenters. The Hall–Kier alpha value is -5.90. The summed E-state index contributed by atoms with van der Waals surface area (Å²) in [5.74, 6) is -5.40. The van der Waals surface area contributed by atoms with Crippen molar-refractivity contribution < 1.29 is 62.5 Å². The minimum atomic E-state index is -0.935. The molecule has 2 aromatic carbocycles. The van der Waals surface area contributed by atoms with E-state index in [4.69, 9.17) is 14.2 Å². The summed E-state index contributed by atoms with van der Waals surface area (Å²) >= 11 is 1.24. The van der Waals surface area contributed by atoms with Crippen LogP contribution in [0.2, 0.25) is 0 Å². The summed E-state index contributed by atoms with van der Waals surface area (Å²) in [6.07, 6.45) is 0.444. The van der Waals surface area contributed by atoms with Crippen LogP contribution in [-0.4, -0.2) is 174 Å². The predicted octanol–water partition coefficient (Wildman–Crippen LogP) is 5.21. The van der Waals surface area contributed by atoms with E-state index in [0.29, 0.717) is 42.6 Å². The van der Waals surface area contributed by atoms with Gasteiger partial charge in [-0.25, -0.2) is 4.79 Å². The van der Waals surface area contributed by atoms with Crippen molar-refractivity contribution in [2.45, 2.75) is 148 Å². The molecule has 2 aromatic rings. The molecule has 8 amide bonds. The van der Waals surface area contributed by atoms with Gasteiger partial charge >= 0.3 is 6.09 Å². The van der Waals surface area contributed by atoms with Crippen molar-refractivity contribution >= 4 is 70.7 Å². The largest absolute Gasteiger partial charge is 0.445 e. The average molecular weight is 1110 g/mol. The second-order valence-electron chi connectivity index (χ2n) is 21.4. The number of amides is 8. The standard InChI is InChI=1S/C57H85N7O13S/c1-14-35(6)51(44(75-11)28-48(68)63-26-18-21-42(63)53(76-12)36(7)54(71)59-37(8)52(70)39-19-16-15-17-20-39)61(9)55(72)41(33(2)3)27-43(65)50(34(4)5)62(10)57(74)77-32-38-22-24-40(25-23-38)60-46(66)30-58-47(67)31-64-49(69)29-45(78-13)56(64)73/h15-17,19-20,22-25,33-37,41-42,44-45,50-53,70H,14,18,21,26-32H2,1-13H3,(H,58,67)(H,59,71)(H,60,66)/t35-,36+,37+,41-,42-,44+,45?,50-,51-,52+,53+/m0/s1. The number of imide groups is 1. The molecule has 2 aliphatic rings. The zero-order chi connectivity index (χ0) is 58.1. The van der Waals surface area contributed by atoms with Crippen molar-refractivity contribution in [3.05, 3.63) is 65.7 Å². The van der Waals surface area contributed by atoms with E-state index in [0.717, 1.165) is 4.90 Å². The molecule has 0 spiro atoms. The third kappa shape index (κ3) is 17.1. The molecule has 0 saturated carbocycles. The maximum Gasteiger partial charge on any atom is 0.410 e. The number of ether oxygens (including phenoxy) is 3. The number of nitrogens with one attached hydrogen (secondary N) is 3. The highest BCUT2D eigenvalue weighted by Crippen LogP contribution is 2.32. The first kappa shape index (κ1) is 64.6. The maximum atomic E-state index is 14.7. The molecule has 20 nitrogen and oxygen atoms in total. The van der Waals surface area contributed by atoms with Crippen LogP contribution in [0.3, 0.4) is 0 Å². The maximum absolute atomic E-state index is 14.7. The number of carbonyl (C=O) groups is 9. The van der Waals surface area contributed by atoms with Crippen LogP contribution in [0.15, 0.2) is 54.6 Å². The Morgan fingerprint density at radius 1 is 0.846 bits per heavy atom. The summed E-state index contributed by atoms with van der Waals surface area (Å²) in [6.45, 7) is 14.3. The number of likely N-dealkylation sites (tertiary alicyclic amines) is 2. The molecule has 432 valence electrons. The molecule has 1 unspecified atom stereocenters. The van der Waals surface area contributed by atoms with Crippen LogP contribution in [0.5, 0.6) is 0 Å². The molecule has 2 saturated heterocycles. The summed E-state index contributed by atoms with van der Waals surface area (Å²) in [5, 5.41) is 18.4. The van der Waals surface area contributed by atoms with Gasteiger partial charge in [0.25, 0.3) is 0 Å². The number of hydrogen-bond acceptors (Lipinski definition) is 14. The molecule has 0 aromatic heterocycles. The van der Waals surface area contributed by atoms with E-state index in [1.807, 2.05) is 59.7 Å². The predicted molar refractivity (Wildman–Crippen MR) is 296 cm³/mol. The van der Waals surface area contributed by atoms with Gasteiger partial charge in [-0.15, -0.1) is 0 Å². The van der Waals surface area contributed by atoms with Crippen LogP contribution in [0, 0.1) is 29.6 Å². The normalized spacial score (nSPS) is 19.0. The van der Waals surface area contributed by atoms with Crippen molar-refractivity contribution in [2.24, 2.45) is 29.6 Å². The number of hydrogen-bond donors (Lipinski definition) is 4. The highest BCUT2D eigenvalue weighted by Gasteiger charge is 2.44. The second-order valence-corrected chi connectivity index (χ2v) is 22.4. The van der Waals surface area contributed by atoms with Gasteiger partial charge in [-0.2, -0.15) is 11.8 Å². The highest BCUT2D eigenvalue weighted by molar-refractivity contribution is 8.00. The van der Waals surface area contributed by atoms with E-state index < -0.39 is 102 Å². The SMILES string of the molecule is CC[C@H](C)[C@@H]([C@@H](CC(=O)N1CCC[C@H]1[C@H](OC)[C@@H](C)C(=O)N[C@H](C)[C@@H](O)c1ccccc1)OC)N(C)C(=O)[C@@H](CC(=O)[C@H](C(C)C)N(C)C(=O)OCc1ccc(NC(=O)CNC(=O)CN2C(=O)CC(SC)C2=O)cc1)C(C)C. The smallest absolute Gasteiger partial charge is 0.410 e. The molecule has 4 rings (SSSR count). The first-order valence-electron chi connectivity index (χ1n) is 27.0. The summed E-state index contributed by atoms with van der Waals surface area (Å²) in [6, 6.07) is 13.0. The number of Topliss-reactive ketones (excluding diaryl/α,β-unsaturated/α-hetero) is 1. The first-order chi connectivity index (χ1) is 36.9. The Morgan fingerprint density at radius 3 is 2.06 bits per heavy atom. The summed E-state index contributed by atoms with van der Waals surface area (Å²) in [7, 11) is 6.21. The monoisotopic (exact) mass is 1110 g/mol. The van der Waals surface area contributed by atoms with Crippen LogP contribution in [-0.2, 0) is 59.2 Å². The van der Waals surface area contributed by atoms with Crippen molar-refractivity contribution in [1.29, 1.82) is 0 Å². The van der Waals surface area contributed by atoms with E-state index in [2.05, 4.69) is 16.0 Å². The minimum Gasteiger partial charge on any atom is -0.445 e. The number of aliphatic hydroxyl groups excluding tert-OH is 1. The molecule has 78 heavy (non-hydrogen) atoms.